The van der Waals surface area contributed by atoms with Crippen LogP contribution in [-0.4, -0.2) is 16.6 Å². The van der Waals surface area contributed by atoms with E-state index in [2.05, 4.69) is 27.3 Å². The van der Waals surface area contributed by atoms with Gasteiger partial charge in [-0.25, -0.2) is 4.79 Å². The van der Waals surface area contributed by atoms with Crippen LogP contribution in [0.4, 0.5) is 10.5 Å². The number of anilines is 1. The predicted molar refractivity (Wildman–Crippen MR) is 91.1 cm³/mol. The number of amides is 2. The molecule has 120 valence electrons. The molecule has 1 atom stereocenters. The van der Waals surface area contributed by atoms with Crippen molar-refractivity contribution >= 4 is 11.7 Å². The lowest BCUT2D eigenvalue weighted by Crippen LogP contribution is -2.36. The molecule has 5 nitrogen and oxygen atoms in total. The molecule has 0 aliphatic carbocycles. The third kappa shape index (κ3) is 5.19. The van der Waals surface area contributed by atoms with Crippen molar-refractivity contribution in [3.63, 3.8) is 0 Å². The van der Waals surface area contributed by atoms with Crippen molar-refractivity contribution in [3.05, 3.63) is 53.9 Å². The third-order valence-electron chi connectivity index (χ3n) is 3.76. The molecule has 0 aliphatic heterocycles. The maximum atomic E-state index is 12.0. The molecule has 0 saturated heterocycles. The lowest BCUT2D eigenvalue weighted by Gasteiger charge is -2.15. The topological polar surface area (TPSA) is 69.8 Å². The molecule has 0 aliphatic rings. The van der Waals surface area contributed by atoms with E-state index in [9.17, 15) is 4.79 Å². The Morgan fingerprint density at radius 3 is 2.65 bits per heavy atom. The summed E-state index contributed by atoms with van der Waals surface area (Å²) in [6.45, 7) is 2.00. The van der Waals surface area contributed by atoms with E-state index in [1.807, 2.05) is 38.4 Å². The standard InChI is InChI=1S/C18H22N4O/c1-14(5-10-17-4-3-13-22(17)2)20-18(23)21-16-8-6-15(7-9-16)11-12-19/h3-4,6-9,13-14H,5,10-11H2,1-2H3,(H2,20,21,23)/t14-/m0/s1. The summed E-state index contributed by atoms with van der Waals surface area (Å²) in [4.78, 5) is 12.0. The van der Waals surface area contributed by atoms with Crippen molar-refractivity contribution in [1.29, 1.82) is 5.26 Å². The van der Waals surface area contributed by atoms with Crippen LogP contribution in [0.15, 0.2) is 42.6 Å². The van der Waals surface area contributed by atoms with Crippen molar-refractivity contribution in [2.75, 3.05) is 5.32 Å². The van der Waals surface area contributed by atoms with Gasteiger partial charge < -0.3 is 15.2 Å². The summed E-state index contributed by atoms with van der Waals surface area (Å²) in [5.74, 6) is 0. The molecular weight excluding hydrogens is 288 g/mol. The Balaban J connectivity index is 1.77. The molecule has 23 heavy (non-hydrogen) atoms. The summed E-state index contributed by atoms with van der Waals surface area (Å²) in [6, 6.07) is 13.4. The van der Waals surface area contributed by atoms with E-state index < -0.39 is 0 Å². The molecule has 0 spiro atoms. The zero-order chi connectivity index (χ0) is 16.7. The Kier molecular flexibility index (Phi) is 5.81. The van der Waals surface area contributed by atoms with E-state index in [1.165, 1.54) is 5.69 Å². The second-order valence-electron chi connectivity index (χ2n) is 5.68. The maximum absolute atomic E-state index is 12.0. The van der Waals surface area contributed by atoms with E-state index in [0.717, 1.165) is 24.1 Å². The molecule has 1 aromatic heterocycles. The minimum Gasteiger partial charge on any atom is -0.354 e. The van der Waals surface area contributed by atoms with Crippen LogP contribution in [0.3, 0.4) is 0 Å². The number of nitrogens with zero attached hydrogens (tertiary/aromatic N) is 2. The number of urea groups is 1. The number of aryl methyl sites for hydroxylation is 2. The van der Waals surface area contributed by atoms with Gasteiger partial charge in [-0.1, -0.05) is 12.1 Å². The van der Waals surface area contributed by atoms with Gasteiger partial charge in [-0.05, 0) is 49.6 Å². The molecule has 2 N–H and O–H groups in total. The van der Waals surface area contributed by atoms with Gasteiger partial charge in [0.1, 0.15) is 0 Å². The van der Waals surface area contributed by atoms with E-state index in [4.69, 9.17) is 5.26 Å². The van der Waals surface area contributed by atoms with Crippen LogP contribution in [0, 0.1) is 11.3 Å². The van der Waals surface area contributed by atoms with Gasteiger partial charge >= 0.3 is 6.03 Å². The second kappa shape index (κ2) is 8.04. The summed E-state index contributed by atoms with van der Waals surface area (Å²) < 4.78 is 2.09. The lowest BCUT2D eigenvalue weighted by atomic mass is 10.1. The number of hydrogen-bond donors (Lipinski definition) is 2. The van der Waals surface area contributed by atoms with Crippen LogP contribution in [0.2, 0.25) is 0 Å². The lowest BCUT2D eigenvalue weighted by molar-refractivity contribution is 0.248. The molecule has 2 rings (SSSR count). The van der Waals surface area contributed by atoms with Crippen LogP contribution >= 0.6 is 0 Å². The summed E-state index contributed by atoms with van der Waals surface area (Å²) in [5, 5.41) is 14.4. The summed E-state index contributed by atoms with van der Waals surface area (Å²) in [6.07, 6.45) is 4.21. The normalized spacial score (nSPS) is 11.5. The molecule has 0 saturated carbocycles. The minimum absolute atomic E-state index is 0.0859. The zero-order valence-corrected chi connectivity index (χ0v) is 13.5. The number of nitrogens with one attached hydrogen (secondary N) is 2. The Bertz CT molecular complexity index is 682. The quantitative estimate of drug-likeness (QED) is 0.860. The number of benzene rings is 1. The fourth-order valence-corrected chi connectivity index (χ4v) is 2.38. The Morgan fingerprint density at radius 1 is 1.30 bits per heavy atom. The highest BCUT2D eigenvalue weighted by molar-refractivity contribution is 5.89. The average molecular weight is 310 g/mol. The zero-order valence-electron chi connectivity index (χ0n) is 13.5. The molecule has 1 heterocycles. The van der Waals surface area contributed by atoms with Gasteiger partial charge in [0, 0.05) is 30.7 Å². The largest absolute Gasteiger partial charge is 0.354 e. The van der Waals surface area contributed by atoms with Crippen LogP contribution < -0.4 is 10.6 Å². The van der Waals surface area contributed by atoms with Crippen LogP contribution in [0.25, 0.3) is 0 Å². The second-order valence-corrected chi connectivity index (χ2v) is 5.68. The van der Waals surface area contributed by atoms with Gasteiger partial charge in [-0.2, -0.15) is 5.26 Å². The Hall–Kier alpha value is -2.74. The van der Waals surface area contributed by atoms with E-state index >= 15 is 0 Å². The number of carbonyl (C=O) groups is 1. The Morgan fingerprint density at radius 2 is 2.04 bits per heavy atom. The van der Waals surface area contributed by atoms with Crippen LogP contribution in [-0.2, 0) is 19.9 Å². The van der Waals surface area contributed by atoms with Crippen molar-refractivity contribution in [3.8, 4) is 6.07 Å². The highest BCUT2D eigenvalue weighted by atomic mass is 16.2. The van der Waals surface area contributed by atoms with Crippen molar-refractivity contribution < 1.29 is 4.79 Å². The molecule has 0 bridgehead atoms. The summed E-state index contributed by atoms with van der Waals surface area (Å²) >= 11 is 0. The molecule has 2 amide bonds. The predicted octanol–water partition coefficient (Wildman–Crippen LogP) is 3.23. The molecule has 2 aromatic rings. The van der Waals surface area contributed by atoms with Gasteiger partial charge in [0.05, 0.1) is 12.5 Å². The average Bonchev–Trinajstić information content (AvgIpc) is 2.92. The molecule has 5 heteroatoms. The number of hydrogen-bond acceptors (Lipinski definition) is 2. The molecule has 0 unspecified atom stereocenters. The first-order chi connectivity index (χ1) is 11.1. The van der Waals surface area contributed by atoms with E-state index in [-0.39, 0.29) is 12.1 Å². The van der Waals surface area contributed by atoms with Crippen LogP contribution in [0.5, 0.6) is 0 Å². The van der Waals surface area contributed by atoms with Gasteiger partial charge in [-0.3, -0.25) is 0 Å². The van der Waals surface area contributed by atoms with Crippen molar-refractivity contribution in [1.82, 2.24) is 9.88 Å². The highest BCUT2D eigenvalue weighted by Gasteiger charge is 2.08. The first-order valence-electron chi connectivity index (χ1n) is 7.72. The van der Waals surface area contributed by atoms with Crippen molar-refractivity contribution in [2.24, 2.45) is 7.05 Å². The van der Waals surface area contributed by atoms with Gasteiger partial charge in [0.25, 0.3) is 0 Å². The SMILES string of the molecule is C[C@@H](CCc1cccn1C)NC(=O)Nc1ccc(CC#N)cc1. The van der Waals surface area contributed by atoms with Crippen molar-refractivity contribution in [2.45, 2.75) is 32.2 Å². The fourth-order valence-electron chi connectivity index (χ4n) is 2.38. The van der Waals surface area contributed by atoms with Gasteiger partial charge in [0.2, 0.25) is 0 Å². The number of carbonyl (C=O) groups excluding carboxylic acids is 1. The molecule has 0 fully saturated rings. The van der Waals surface area contributed by atoms with E-state index in [1.54, 1.807) is 12.1 Å². The maximum Gasteiger partial charge on any atom is 0.319 e. The van der Waals surface area contributed by atoms with E-state index in [0.29, 0.717) is 6.42 Å². The molecular formula is C18H22N4O. The molecule has 0 radical (unpaired) electrons. The Labute approximate surface area is 136 Å². The first-order valence-corrected chi connectivity index (χ1v) is 7.72. The first kappa shape index (κ1) is 16.6. The number of aromatic nitrogens is 1. The third-order valence-corrected chi connectivity index (χ3v) is 3.76. The number of nitriles is 1. The van der Waals surface area contributed by atoms with Gasteiger partial charge in [-0.15, -0.1) is 0 Å². The smallest absolute Gasteiger partial charge is 0.319 e. The molecule has 1 aromatic carbocycles. The monoisotopic (exact) mass is 310 g/mol. The fraction of sp³-hybridized carbons (Fsp3) is 0.333. The van der Waals surface area contributed by atoms with Crippen LogP contribution in [0.1, 0.15) is 24.6 Å². The summed E-state index contributed by atoms with van der Waals surface area (Å²) in [5.41, 5.74) is 2.92. The summed E-state index contributed by atoms with van der Waals surface area (Å²) in [7, 11) is 2.02. The van der Waals surface area contributed by atoms with Gasteiger partial charge in [0.15, 0.2) is 0 Å². The number of rotatable bonds is 6. The minimum atomic E-state index is -0.211. The highest BCUT2D eigenvalue weighted by Crippen LogP contribution is 2.10.